The molecule has 1 N–H and O–H groups in total. The molecule has 0 aromatic carbocycles. The number of rotatable bonds is 3. The summed E-state index contributed by atoms with van der Waals surface area (Å²) in [6.07, 6.45) is 5.87. The van der Waals surface area contributed by atoms with Gasteiger partial charge in [0.1, 0.15) is 5.60 Å². The molecule has 0 aromatic rings. The van der Waals surface area contributed by atoms with E-state index in [0.717, 1.165) is 38.5 Å². The Hall–Kier alpha value is -0.810. The van der Waals surface area contributed by atoms with Gasteiger partial charge in [0.05, 0.1) is 18.8 Å². The first-order valence-corrected chi connectivity index (χ1v) is 8.71. The van der Waals surface area contributed by atoms with Crippen molar-refractivity contribution in [1.82, 2.24) is 10.2 Å². The SMILES string of the molecule is CC(C)(C)OC(=O)N1CCC2(CC(NCC3CCC3)CO2)C1. The molecule has 2 aliphatic heterocycles. The fourth-order valence-corrected chi connectivity index (χ4v) is 3.62. The number of amides is 1. The highest BCUT2D eigenvalue weighted by Gasteiger charge is 2.47. The van der Waals surface area contributed by atoms with E-state index in [1.54, 1.807) is 4.90 Å². The van der Waals surface area contributed by atoms with Crippen LogP contribution in [0.1, 0.15) is 52.9 Å². The van der Waals surface area contributed by atoms with Crippen LogP contribution in [0, 0.1) is 5.92 Å². The molecule has 22 heavy (non-hydrogen) atoms. The van der Waals surface area contributed by atoms with Gasteiger partial charge in [-0.15, -0.1) is 0 Å². The molecule has 1 aliphatic carbocycles. The van der Waals surface area contributed by atoms with Crippen molar-refractivity contribution < 1.29 is 14.3 Å². The summed E-state index contributed by atoms with van der Waals surface area (Å²) in [5, 5.41) is 3.66. The topological polar surface area (TPSA) is 50.8 Å². The second kappa shape index (κ2) is 6.00. The van der Waals surface area contributed by atoms with Crippen LogP contribution in [0.4, 0.5) is 4.79 Å². The normalized spacial score (nSPS) is 32.5. The quantitative estimate of drug-likeness (QED) is 0.870. The molecule has 3 rings (SSSR count). The van der Waals surface area contributed by atoms with Gasteiger partial charge in [0.2, 0.25) is 0 Å². The molecule has 2 unspecified atom stereocenters. The second-order valence-corrected chi connectivity index (χ2v) is 8.25. The van der Waals surface area contributed by atoms with E-state index in [-0.39, 0.29) is 11.7 Å². The highest BCUT2D eigenvalue weighted by atomic mass is 16.6. The van der Waals surface area contributed by atoms with Crippen molar-refractivity contribution in [3.63, 3.8) is 0 Å². The van der Waals surface area contributed by atoms with Crippen molar-refractivity contribution in [1.29, 1.82) is 0 Å². The number of nitrogens with one attached hydrogen (secondary N) is 1. The maximum absolute atomic E-state index is 12.2. The van der Waals surface area contributed by atoms with Gasteiger partial charge in [-0.05, 0) is 58.9 Å². The summed E-state index contributed by atoms with van der Waals surface area (Å²) < 4.78 is 11.6. The average molecular weight is 310 g/mol. The Kier molecular flexibility index (Phi) is 4.38. The minimum absolute atomic E-state index is 0.145. The predicted molar refractivity (Wildman–Crippen MR) is 84.9 cm³/mol. The van der Waals surface area contributed by atoms with Crippen LogP contribution in [0.3, 0.4) is 0 Å². The molecule has 2 heterocycles. The van der Waals surface area contributed by atoms with Crippen LogP contribution < -0.4 is 5.32 Å². The van der Waals surface area contributed by atoms with E-state index in [9.17, 15) is 4.79 Å². The number of likely N-dealkylation sites (tertiary alicyclic amines) is 1. The fraction of sp³-hybridized carbons (Fsp3) is 0.941. The summed E-state index contributed by atoms with van der Waals surface area (Å²) in [4.78, 5) is 14.0. The van der Waals surface area contributed by atoms with Crippen LogP contribution in [-0.4, -0.2) is 54.5 Å². The van der Waals surface area contributed by atoms with Crippen molar-refractivity contribution in [2.45, 2.75) is 70.1 Å². The van der Waals surface area contributed by atoms with Gasteiger partial charge in [-0.3, -0.25) is 0 Å². The molecule has 0 aromatic heterocycles. The Morgan fingerprint density at radius 2 is 2.18 bits per heavy atom. The molecule has 3 aliphatic rings. The Morgan fingerprint density at radius 1 is 1.41 bits per heavy atom. The average Bonchev–Trinajstić information content (AvgIpc) is 2.94. The summed E-state index contributed by atoms with van der Waals surface area (Å²) in [7, 11) is 0. The van der Waals surface area contributed by atoms with E-state index >= 15 is 0 Å². The third-order valence-electron chi connectivity index (χ3n) is 5.10. The molecule has 5 nitrogen and oxygen atoms in total. The van der Waals surface area contributed by atoms with Gasteiger partial charge in [0.15, 0.2) is 0 Å². The Bertz CT molecular complexity index is 417. The van der Waals surface area contributed by atoms with E-state index in [1.807, 2.05) is 20.8 Å². The summed E-state index contributed by atoms with van der Waals surface area (Å²) in [6, 6.07) is 0.444. The maximum atomic E-state index is 12.2. The van der Waals surface area contributed by atoms with Crippen LogP contribution in [0.5, 0.6) is 0 Å². The molecule has 1 spiro atoms. The largest absolute Gasteiger partial charge is 0.444 e. The van der Waals surface area contributed by atoms with Gasteiger partial charge in [-0.2, -0.15) is 0 Å². The van der Waals surface area contributed by atoms with Crippen molar-refractivity contribution in [2.75, 3.05) is 26.2 Å². The zero-order valence-corrected chi connectivity index (χ0v) is 14.2. The standard InChI is InChI=1S/C17H30N2O3/c1-16(2,3)22-15(20)19-8-7-17(12-19)9-14(11-21-17)18-10-13-5-4-6-13/h13-14,18H,4-12H2,1-3H3. The monoisotopic (exact) mass is 310 g/mol. The molecule has 5 heteroatoms. The zero-order valence-electron chi connectivity index (χ0n) is 14.2. The van der Waals surface area contributed by atoms with E-state index in [4.69, 9.17) is 9.47 Å². The fourth-order valence-electron chi connectivity index (χ4n) is 3.62. The Labute approximate surface area is 133 Å². The van der Waals surface area contributed by atoms with Crippen LogP contribution in [0.2, 0.25) is 0 Å². The van der Waals surface area contributed by atoms with Gasteiger partial charge in [-0.25, -0.2) is 4.79 Å². The third-order valence-corrected chi connectivity index (χ3v) is 5.10. The minimum atomic E-state index is -0.434. The molecular weight excluding hydrogens is 280 g/mol. The molecule has 0 bridgehead atoms. The first-order chi connectivity index (χ1) is 10.4. The number of nitrogens with zero attached hydrogens (tertiary/aromatic N) is 1. The number of ether oxygens (including phenoxy) is 2. The zero-order chi connectivity index (χ0) is 15.8. The number of carbonyl (C=O) groups is 1. The van der Waals surface area contributed by atoms with Gasteiger partial charge in [-0.1, -0.05) is 6.42 Å². The lowest BCUT2D eigenvalue weighted by atomic mass is 9.85. The lowest BCUT2D eigenvalue weighted by Crippen LogP contribution is -2.40. The van der Waals surface area contributed by atoms with Gasteiger partial charge >= 0.3 is 6.09 Å². The summed E-state index contributed by atoms with van der Waals surface area (Å²) in [5.74, 6) is 0.874. The molecule has 0 radical (unpaired) electrons. The van der Waals surface area contributed by atoms with Crippen LogP contribution in [-0.2, 0) is 9.47 Å². The van der Waals surface area contributed by atoms with Crippen molar-refractivity contribution in [3.05, 3.63) is 0 Å². The van der Waals surface area contributed by atoms with Crippen LogP contribution >= 0.6 is 0 Å². The molecule has 2 saturated heterocycles. The van der Waals surface area contributed by atoms with E-state index in [2.05, 4.69) is 5.32 Å². The molecular formula is C17H30N2O3. The van der Waals surface area contributed by atoms with Gasteiger partial charge in [0, 0.05) is 12.6 Å². The van der Waals surface area contributed by atoms with Crippen molar-refractivity contribution in [2.24, 2.45) is 5.92 Å². The molecule has 3 fully saturated rings. The molecule has 2 atom stereocenters. The van der Waals surface area contributed by atoms with Crippen LogP contribution in [0.25, 0.3) is 0 Å². The summed E-state index contributed by atoms with van der Waals surface area (Å²) >= 11 is 0. The van der Waals surface area contributed by atoms with E-state index in [0.29, 0.717) is 12.6 Å². The molecule has 1 saturated carbocycles. The lowest BCUT2D eigenvalue weighted by Gasteiger charge is -2.28. The van der Waals surface area contributed by atoms with E-state index in [1.165, 1.54) is 19.3 Å². The van der Waals surface area contributed by atoms with Gasteiger partial charge in [0.25, 0.3) is 0 Å². The first kappa shape index (κ1) is 16.1. The maximum Gasteiger partial charge on any atom is 0.410 e. The third kappa shape index (κ3) is 3.74. The summed E-state index contributed by atoms with van der Waals surface area (Å²) in [6.45, 7) is 9.03. The highest BCUT2D eigenvalue weighted by Crippen LogP contribution is 2.36. The lowest BCUT2D eigenvalue weighted by molar-refractivity contribution is 0.000334. The number of hydrogen-bond donors (Lipinski definition) is 1. The minimum Gasteiger partial charge on any atom is -0.444 e. The highest BCUT2D eigenvalue weighted by molar-refractivity contribution is 5.68. The second-order valence-electron chi connectivity index (χ2n) is 8.25. The van der Waals surface area contributed by atoms with Gasteiger partial charge < -0.3 is 19.7 Å². The smallest absolute Gasteiger partial charge is 0.410 e. The molecule has 126 valence electrons. The van der Waals surface area contributed by atoms with Crippen LogP contribution in [0.15, 0.2) is 0 Å². The Balaban J connectivity index is 1.46. The number of hydrogen-bond acceptors (Lipinski definition) is 4. The number of carbonyl (C=O) groups excluding carboxylic acids is 1. The molecule has 1 amide bonds. The van der Waals surface area contributed by atoms with Crippen molar-refractivity contribution >= 4 is 6.09 Å². The first-order valence-electron chi connectivity index (χ1n) is 8.71. The summed E-state index contributed by atoms with van der Waals surface area (Å²) in [5.41, 5.74) is -0.579. The van der Waals surface area contributed by atoms with Crippen molar-refractivity contribution in [3.8, 4) is 0 Å². The van der Waals surface area contributed by atoms with E-state index < -0.39 is 5.60 Å². The Morgan fingerprint density at radius 3 is 2.82 bits per heavy atom. The predicted octanol–water partition coefficient (Wildman–Crippen LogP) is 2.54.